The van der Waals surface area contributed by atoms with Crippen molar-refractivity contribution in [1.29, 1.82) is 0 Å². The lowest BCUT2D eigenvalue weighted by Crippen LogP contribution is -2.58. The molecule has 2 rings (SSSR count). The van der Waals surface area contributed by atoms with Gasteiger partial charge in [0.2, 0.25) is 5.91 Å². The predicted octanol–water partition coefficient (Wildman–Crippen LogP) is 0.172. The van der Waals surface area contributed by atoms with Gasteiger partial charge in [0.1, 0.15) is 0 Å². The van der Waals surface area contributed by atoms with Crippen LogP contribution < -0.4 is 10.6 Å². The summed E-state index contributed by atoms with van der Waals surface area (Å²) in [6, 6.07) is -0.170. The molecule has 0 aromatic heterocycles. The summed E-state index contributed by atoms with van der Waals surface area (Å²) in [6.07, 6.45) is 0.928. The van der Waals surface area contributed by atoms with Crippen molar-refractivity contribution in [3.63, 3.8) is 0 Å². The Kier molecular flexibility index (Phi) is 3.14. The summed E-state index contributed by atoms with van der Waals surface area (Å²) in [5.74, 6) is 0.390. The number of urea groups is 1. The Morgan fingerprint density at radius 1 is 1.50 bits per heavy atom. The van der Waals surface area contributed by atoms with Crippen molar-refractivity contribution in [2.45, 2.75) is 26.3 Å². The van der Waals surface area contributed by atoms with Crippen molar-refractivity contribution >= 4 is 11.9 Å². The topological polar surface area (TPSA) is 61.4 Å². The highest BCUT2D eigenvalue weighted by atomic mass is 16.2. The lowest BCUT2D eigenvalue weighted by molar-refractivity contribution is -0.137. The Bertz CT molecular complexity index is 304. The number of hydrogen-bond donors (Lipinski definition) is 2. The zero-order chi connectivity index (χ0) is 11.7. The Morgan fingerprint density at radius 2 is 2.25 bits per heavy atom. The van der Waals surface area contributed by atoms with Crippen molar-refractivity contribution in [2.75, 3.05) is 19.6 Å². The average Bonchev–Trinajstić information content (AvgIpc) is 2.23. The Hall–Kier alpha value is -1.10. The number of amides is 3. The molecule has 2 fully saturated rings. The highest BCUT2D eigenvalue weighted by molar-refractivity contribution is 5.96. The Labute approximate surface area is 95.6 Å². The van der Waals surface area contributed by atoms with Gasteiger partial charge in [-0.3, -0.25) is 9.69 Å². The fourth-order valence-corrected chi connectivity index (χ4v) is 2.43. The number of rotatable bonds is 1. The van der Waals surface area contributed by atoms with Crippen LogP contribution >= 0.6 is 0 Å². The monoisotopic (exact) mass is 225 g/mol. The van der Waals surface area contributed by atoms with E-state index in [9.17, 15) is 9.59 Å². The lowest BCUT2D eigenvalue weighted by atomic mass is 9.85. The number of carbonyl (C=O) groups is 2. The van der Waals surface area contributed by atoms with E-state index in [-0.39, 0.29) is 23.9 Å². The van der Waals surface area contributed by atoms with E-state index in [0.29, 0.717) is 19.0 Å². The number of nitrogens with zero attached hydrogens (tertiary/aromatic N) is 1. The van der Waals surface area contributed by atoms with E-state index in [0.717, 1.165) is 13.0 Å². The zero-order valence-electron chi connectivity index (χ0n) is 9.82. The fraction of sp³-hybridized carbons (Fsp3) is 0.818. The van der Waals surface area contributed by atoms with Gasteiger partial charge in [-0.2, -0.15) is 0 Å². The summed E-state index contributed by atoms with van der Waals surface area (Å²) in [6.45, 7) is 5.97. The second-order valence-electron chi connectivity index (χ2n) is 5.01. The number of piperidine rings is 2. The molecule has 2 N–H and O–H groups in total. The van der Waals surface area contributed by atoms with E-state index in [1.807, 2.05) is 13.8 Å². The molecule has 3 amide bonds. The van der Waals surface area contributed by atoms with Gasteiger partial charge in [-0.05, 0) is 32.7 Å². The number of hydrogen-bond acceptors (Lipinski definition) is 3. The minimum Gasteiger partial charge on any atom is -0.335 e. The predicted molar refractivity (Wildman–Crippen MR) is 59.8 cm³/mol. The number of imide groups is 1. The van der Waals surface area contributed by atoms with Gasteiger partial charge in [-0.1, -0.05) is 0 Å². The van der Waals surface area contributed by atoms with Crippen LogP contribution in [0.15, 0.2) is 0 Å². The molecule has 2 aliphatic heterocycles. The minimum atomic E-state index is -0.239. The third-order valence-corrected chi connectivity index (χ3v) is 3.15. The molecular formula is C11H19N3O2. The summed E-state index contributed by atoms with van der Waals surface area (Å²) in [4.78, 5) is 25.2. The normalized spacial score (nSPS) is 29.4. The second-order valence-corrected chi connectivity index (χ2v) is 5.01. The molecular weight excluding hydrogens is 206 g/mol. The van der Waals surface area contributed by atoms with Crippen LogP contribution in [-0.4, -0.2) is 42.5 Å². The number of nitrogens with one attached hydrogen (secondary N) is 2. The minimum absolute atomic E-state index is 0.00888. The summed E-state index contributed by atoms with van der Waals surface area (Å²) < 4.78 is 0. The molecule has 0 radical (unpaired) electrons. The van der Waals surface area contributed by atoms with Crippen molar-refractivity contribution in [1.82, 2.24) is 15.5 Å². The first-order valence-electron chi connectivity index (χ1n) is 5.90. The van der Waals surface area contributed by atoms with Gasteiger partial charge < -0.3 is 10.6 Å². The van der Waals surface area contributed by atoms with Gasteiger partial charge in [0.25, 0.3) is 0 Å². The molecule has 5 nitrogen and oxygen atoms in total. The van der Waals surface area contributed by atoms with Gasteiger partial charge in [0, 0.05) is 19.1 Å². The molecule has 2 atom stereocenters. The van der Waals surface area contributed by atoms with Crippen molar-refractivity contribution < 1.29 is 9.59 Å². The quantitative estimate of drug-likeness (QED) is 0.669. The largest absolute Gasteiger partial charge is 0.335 e. The molecule has 2 aliphatic rings. The van der Waals surface area contributed by atoms with E-state index in [1.165, 1.54) is 4.90 Å². The molecule has 2 saturated heterocycles. The van der Waals surface area contributed by atoms with Crippen LogP contribution in [0.3, 0.4) is 0 Å². The summed E-state index contributed by atoms with van der Waals surface area (Å²) in [7, 11) is 0. The Morgan fingerprint density at radius 3 is 2.94 bits per heavy atom. The fourth-order valence-electron chi connectivity index (χ4n) is 2.43. The second kappa shape index (κ2) is 4.41. The molecule has 0 aromatic rings. The SMILES string of the molecule is CC(C)NC(=O)N1CC2CNCC(C2)C1=O. The smallest absolute Gasteiger partial charge is 0.324 e. The van der Waals surface area contributed by atoms with Gasteiger partial charge in [0.15, 0.2) is 0 Å². The number of likely N-dealkylation sites (tertiary alicyclic amines) is 1. The maximum atomic E-state index is 12.0. The van der Waals surface area contributed by atoms with Crippen LogP contribution in [0.1, 0.15) is 20.3 Å². The van der Waals surface area contributed by atoms with E-state index in [1.54, 1.807) is 0 Å². The third-order valence-electron chi connectivity index (χ3n) is 3.15. The van der Waals surface area contributed by atoms with Gasteiger partial charge >= 0.3 is 6.03 Å². The molecule has 2 heterocycles. The molecule has 0 spiro atoms. The molecule has 90 valence electrons. The highest BCUT2D eigenvalue weighted by Gasteiger charge is 2.39. The number of carbonyl (C=O) groups excluding carboxylic acids is 2. The first-order valence-corrected chi connectivity index (χ1v) is 5.90. The first-order chi connectivity index (χ1) is 7.58. The molecule has 16 heavy (non-hydrogen) atoms. The molecule has 0 saturated carbocycles. The third kappa shape index (κ3) is 2.19. The molecule has 0 aromatic carbocycles. The molecule has 2 bridgehead atoms. The standard InChI is InChI=1S/C11H19N3O2/c1-7(2)13-11(16)14-6-8-3-9(10(14)15)5-12-4-8/h7-9,12H,3-6H2,1-2H3,(H,13,16). The molecule has 0 aliphatic carbocycles. The molecule has 2 unspecified atom stereocenters. The lowest BCUT2D eigenvalue weighted by Gasteiger charge is -2.40. The zero-order valence-corrected chi connectivity index (χ0v) is 9.82. The van der Waals surface area contributed by atoms with Crippen LogP contribution in [0, 0.1) is 11.8 Å². The average molecular weight is 225 g/mol. The van der Waals surface area contributed by atoms with Crippen molar-refractivity contribution in [3.05, 3.63) is 0 Å². The van der Waals surface area contributed by atoms with Gasteiger partial charge in [0.05, 0.1) is 5.92 Å². The van der Waals surface area contributed by atoms with Crippen LogP contribution in [0.5, 0.6) is 0 Å². The van der Waals surface area contributed by atoms with Crippen LogP contribution in [-0.2, 0) is 4.79 Å². The van der Waals surface area contributed by atoms with Crippen molar-refractivity contribution in [3.8, 4) is 0 Å². The summed E-state index contributed by atoms with van der Waals surface area (Å²) in [5.41, 5.74) is 0. The van der Waals surface area contributed by atoms with Gasteiger partial charge in [-0.25, -0.2) is 4.79 Å². The highest BCUT2D eigenvalue weighted by Crippen LogP contribution is 2.25. The van der Waals surface area contributed by atoms with E-state index >= 15 is 0 Å². The first kappa shape index (κ1) is 11.4. The van der Waals surface area contributed by atoms with Crippen molar-refractivity contribution in [2.24, 2.45) is 11.8 Å². The maximum Gasteiger partial charge on any atom is 0.324 e. The van der Waals surface area contributed by atoms with E-state index < -0.39 is 0 Å². The Balaban J connectivity index is 2.04. The summed E-state index contributed by atoms with van der Waals surface area (Å²) in [5, 5.41) is 6.02. The van der Waals surface area contributed by atoms with E-state index in [4.69, 9.17) is 0 Å². The van der Waals surface area contributed by atoms with Crippen LogP contribution in [0.4, 0.5) is 4.79 Å². The van der Waals surface area contributed by atoms with E-state index in [2.05, 4.69) is 10.6 Å². The number of fused-ring (bicyclic) bond motifs is 2. The van der Waals surface area contributed by atoms with Crippen LogP contribution in [0.25, 0.3) is 0 Å². The summed E-state index contributed by atoms with van der Waals surface area (Å²) >= 11 is 0. The maximum absolute atomic E-state index is 12.0. The van der Waals surface area contributed by atoms with Crippen LogP contribution in [0.2, 0.25) is 0 Å². The molecule has 5 heteroatoms. The van der Waals surface area contributed by atoms with Gasteiger partial charge in [-0.15, -0.1) is 0 Å².